The number of aromatic amines is 1. The summed E-state index contributed by atoms with van der Waals surface area (Å²) in [5, 5.41) is 4.19. The number of hydrogen-bond donors (Lipinski definition) is 2. The molecule has 23 heavy (non-hydrogen) atoms. The van der Waals surface area contributed by atoms with Crippen molar-refractivity contribution in [1.82, 2.24) is 20.2 Å². The van der Waals surface area contributed by atoms with Gasteiger partial charge in [0.2, 0.25) is 0 Å². The molecule has 2 N–H and O–H groups in total. The zero-order valence-corrected chi connectivity index (χ0v) is 14.5. The number of aryl methyl sites for hydroxylation is 2. The molecule has 0 bridgehead atoms. The minimum absolute atomic E-state index is 0.0365. The van der Waals surface area contributed by atoms with E-state index in [1.807, 2.05) is 24.4 Å². The molecule has 0 unspecified atom stereocenters. The predicted octanol–water partition coefficient (Wildman–Crippen LogP) is 2.65. The van der Waals surface area contributed by atoms with E-state index in [4.69, 9.17) is 17.0 Å². The highest BCUT2D eigenvalue weighted by Crippen LogP contribution is 2.39. The lowest BCUT2D eigenvalue weighted by molar-refractivity contribution is 0.164. The van der Waals surface area contributed by atoms with Gasteiger partial charge in [-0.1, -0.05) is 6.07 Å². The van der Waals surface area contributed by atoms with Crippen molar-refractivity contribution in [1.29, 1.82) is 0 Å². The Kier molecular flexibility index (Phi) is 4.63. The number of ether oxygens (including phenoxy) is 1. The molecule has 2 aromatic heterocycles. The van der Waals surface area contributed by atoms with Crippen LogP contribution < -0.4 is 5.32 Å². The van der Waals surface area contributed by atoms with Gasteiger partial charge in [-0.15, -0.1) is 0 Å². The van der Waals surface area contributed by atoms with Gasteiger partial charge in [0, 0.05) is 31.2 Å². The summed E-state index contributed by atoms with van der Waals surface area (Å²) >= 11 is 5.58. The van der Waals surface area contributed by atoms with Crippen LogP contribution in [0.5, 0.6) is 0 Å². The molecular weight excluding hydrogens is 308 g/mol. The number of rotatable bonds is 5. The average molecular weight is 330 g/mol. The van der Waals surface area contributed by atoms with Gasteiger partial charge in [-0.25, -0.2) is 0 Å². The summed E-state index contributed by atoms with van der Waals surface area (Å²) in [5.41, 5.74) is 4.57. The SMILES string of the molecule is COCCN1C(=S)N[C@H](c2ccccn2)[C@@H]1c1cc(C)[nH]c1C. The average Bonchev–Trinajstić information content (AvgIpc) is 3.05. The van der Waals surface area contributed by atoms with Crippen LogP contribution in [0.2, 0.25) is 0 Å². The molecule has 3 rings (SSSR count). The van der Waals surface area contributed by atoms with E-state index in [0.717, 1.165) is 23.0 Å². The van der Waals surface area contributed by atoms with E-state index in [2.05, 4.69) is 40.1 Å². The molecule has 1 saturated heterocycles. The molecule has 1 aliphatic heterocycles. The number of methoxy groups -OCH3 is 1. The number of aromatic nitrogens is 2. The van der Waals surface area contributed by atoms with Crippen LogP contribution >= 0.6 is 12.2 Å². The number of hydrogen-bond acceptors (Lipinski definition) is 3. The van der Waals surface area contributed by atoms with E-state index < -0.39 is 0 Å². The van der Waals surface area contributed by atoms with E-state index in [0.29, 0.717) is 6.61 Å². The zero-order chi connectivity index (χ0) is 16.4. The van der Waals surface area contributed by atoms with Crippen molar-refractivity contribution in [3.63, 3.8) is 0 Å². The number of thiocarbonyl (C=S) groups is 1. The van der Waals surface area contributed by atoms with E-state index in [-0.39, 0.29) is 12.1 Å². The third kappa shape index (κ3) is 3.09. The summed E-state index contributed by atoms with van der Waals surface area (Å²) in [5.74, 6) is 0. The summed E-state index contributed by atoms with van der Waals surface area (Å²) in [6.45, 7) is 5.57. The quantitative estimate of drug-likeness (QED) is 0.826. The van der Waals surface area contributed by atoms with Crippen LogP contribution in [0.4, 0.5) is 0 Å². The second-order valence-electron chi connectivity index (χ2n) is 5.85. The molecule has 6 heteroatoms. The topological polar surface area (TPSA) is 53.2 Å². The Labute approximate surface area is 142 Å². The highest BCUT2D eigenvalue weighted by Gasteiger charge is 2.40. The Hall–Kier alpha value is -1.92. The van der Waals surface area contributed by atoms with Gasteiger partial charge in [0.15, 0.2) is 5.11 Å². The van der Waals surface area contributed by atoms with Gasteiger partial charge in [-0.3, -0.25) is 4.98 Å². The maximum atomic E-state index is 5.58. The molecular formula is C17H22N4OS. The first-order valence-corrected chi connectivity index (χ1v) is 8.15. The molecule has 0 aromatic carbocycles. The van der Waals surface area contributed by atoms with Crippen LogP contribution in [0.25, 0.3) is 0 Å². The molecule has 122 valence electrons. The molecule has 2 atom stereocenters. The van der Waals surface area contributed by atoms with Crippen molar-refractivity contribution in [2.24, 2.45) is 0 Å². The largest absolute Gasteiger partial charge is 0.383 e. The van der Waals surface area contributed by atoms with Crippen LogP contribution in [0, 0.1) is 13.8 Å². The third-order valence-electron chi connectivity index (χ3n) is 4.24. The van der Waals surface area contributed by atoms with Gasteiger partial charge >= 0.3 is 0 Å². The van der Waals surface area contributed by atoms with Crippen molar-refractivity contribution >= 4 is 17.3 Å². The van der Waals surface area contributed by atoms with Crippen molar-refractivity contribution in [2.75, 3.05) is 20.3 Å². The first-order valence-electron chi connectivity index (χ1n) is 7.75. The van der Waals surface area contributed by atoms with Gasteiger partial charge < -0.3 is 19.9 Å². The Bertz CT molecular complexity index is 685. The number of nitrogens with one attached hydrogen (secondary N) is 2. The van der Waals surface area contributed by atoms with Gasteiger partial charge in [0.25, 0.3) is 0 Å². The summed E-state index contributed by atoms with van der Waals surface area (Å²) in [7, 11) is 1.71. The second kappa shape index (κ2) is 6.68. The summed E-state index contributed by atoms with van der Waals surface area (Å²) in [6.07, 6.45) is 1.82. The fourth-order valence-electron chi connectivity index (χ4n) is 3.23. The lowest BCUT2D eigenvalue weighted by atomic mass is 9.97. The molecule has 1 fully saturated rings. The molecule has 2 aromatic rings. The maximum Gasteiger partial charge on any atom is 0.170 e. The van der Waals surface area contributed by atoms with E-state index in [1.54, 1.807) is 7.11 Å². The molecule has 0 aliphatic carbocycles. The summed E-state index contributed by atoms with van der Waals surface area (Å²) in [6, 6.07) is 8.33. The van der Waals surface area contributed by atoms with Gasteiger partial charge in [-0.05, 0) is 49.8 Å². The smallest absolute Gasteiger partial charge is 0.170 e. The molecule has 0 saturated carbocycles. The number of pyridine rings is 1. The van der Waals surface area contributed by atoms with Crippen molar-refractivity contribution < 1.29 is 4.74 Å². The maximum absolute atomic E-state index is 5.58. The molecule has 0 radical (unpaired) electrons. The van der Waals surface area contributed by atoms with Crippen molar-refractivity contribution in [2.45, 2.75) is 25.9 Å². The Morgan fingerprint density at radius 3 is 2.78 bits per heavy atom. The van der Waals surface area contributed by atoms with E-state index >= 15 is 0 Å². The Morgan fingerprint density at radius 2 is 2.17 bits per heavy atom. The van der Waals surface area contributed by atoms with Crippen LogP contribution in [-0.4, -0.2) is 40.2 Å². The third-order valence-corrected chi connectivity index (χ3v) is 4.59. The molecule has 0 amide bonds. The zero-order valence-electron chi connectivity index (χ0n) is 13.7. The summed E-state index contributed by atoms with van der Waals surface area (Å²) < 4.78 is 5.26. The standard InChI is InChI=1S/C17H22N4OS/c1-11-10-13(12(2)19-11)16-15(14-6-4-5-7-18-14)20-17(23)21(16)8-9-22-3/h4-7,10,15-16,19H,8-9H2,1-3H3,(H,20,23)/t15-,16+/m1/s1. The molecule has 1 aliphatic rings. The summed E-state index contributed by atoms with van der Waals surface area (Å²) in [4.78, 5) is 10.1. The minimum atomic E-state index is 0.0365. The fourth-order valence-corrected chi connectivity index (χ4v) is 3.56. The molecule has 3 heterocycles. The van der Waals surface area contributed by atoms with E-state index in [9.17, 15) is 0 Å². The highest BCUT2D eigenvalue weighted by atomic mass is 32.1. The minimum Gasteiger partial charge on any atom is -0.383 e. The normalized spacial score (nSPS) is 20.8. The van der Waals surface area contributed by atoms with Crippen LogP contribution in [0.15, 0.2) is 30.5 Å². The van der Waals surface area contributed by atoms with Gasteiger partial charge in [0.05, 0.1) is 24.4 Å². The molecule has 5 nitrogen and oxygen atoms in total. The lowest BCUT2D eigenvalue weighted by Gasteiger charge is -2.27. The lowest BCUT2D eigenvalue weighted by Crippen LogP contribution is -2.32. The van der Waals surface area contributed by atoms with Crippen LogP contribution in [0.1, 0.15) is 34.7 Å². The first kappa shape index (κ1) is 16.0. The number of H-pyrrole nitrogens is 1. The Balaban J connectivity index is 2.01. The predicted molar refractivity (Wildman–Crippen MR) is 94.3 cm³/mol. The van der Waals surface area contributed by atoms with Crippen LogP contribution in [0.3, 0.4) is 0 Å². The Morgan fingerprint density at radius 1 is 1.35 bits per heavy atom. The second-order valence-corrected chi connectivity index (χ2v) is 6.23. The fraction of sp³-hybridized carbons (Fsp3) is 0.412. The van der Waals surface area contributed by atoms with E-state index in [1.165, 1.54) is 11.3 Å². The van der Waals surface area contributed by atoms with Crippen molar-refractivity contribution in [3.05, 3.63) is 53.1 Å². The van der Waals surface area contributed by atoms with Gasteiger partial charge in [0.1, 0.15) is 0 Å². The van der Waals surface area contributed by atoms with Gasteiger partial charge in [-0.2, -0.15) is 0 Å². The van der Waals surface area contributed by atoms with Crippen LogP contribution in [-0.2, 0) is 4.74 Å². The molecule has 0 spiro atoms. The number of nitrogens with zero attached hydrogens (tertiary/aromatic N) is 2. The highest BCUT2D eigenvalue weighted by molar-refractivity contribution is 7.80. The first-order chi connectivity index (χ1) is 11.1. The monoisotopic (exact) mass is 330 g/mol. The van der Waals surface area contributed by atoms with Crippen molar-refractivity contribution in [3.8, 4) is 0 Å².